The second-order valence-corrected chi connectivity index (χ2v) is 6.12. The van der Waals surface area contributed by atoms with Crippen LogP contribution in [-0.2, 0) is 0 Å². The number of aromatic nitrogens is 2. The molecule has 0 aliphatic rings. The van der Waals surface area contributed by atoms with Crippen molar-refractivity contribution in [3.05, 3.63) is 28.5 Å². The summed E-state index contributed by atoms with van der Waals surface area (Å²) < 4.78 is 14.5. The summed E-state index contributed by atoms with van der Waals surface area (Å²) in [4.78, 5) is 1.79. The van der Waals surface area contributed by atoms with Gasteiger partial charge in [0.05, 0.1) is 6.10 Å². The standard InChI is InChI=1S/C12H13BrFN3OS/c1-7(18)6-17(2)12-16-15-11(19-12)9-5-8(13)3-4-10(9)14/h3-5,7,18H,6H2,1-2H3. The van der Waals surface area contributed by atoms with Crippen LogP contribution in [0.4, 0.5) is 9.52 Å². The first-order valence-corrected chi connectivity index (χ1v) is 7.26. The van der Waals surface area contributed by atoms with Crippen molar-refractivity contribution in [2.75, 3.05) is 18.5 Å². The van der Waals surface area contributed by atoms with Crippen LogP contribution in [0.3, 0.4) is 0 Å². The summed E-state index contributed by atoms with van der Waals surface area (Å²) in [5.74, 6) is -0.330. The smallest absolute Gasteiger partial charge is 0.208 e. The van der Waals surface area contributed by atoms with Crippen LogP contribution < -0.4 is 4.90 Å². The Labute approximate surface area is 123 Å². The lowest BCUT2D eigenvalue weighted by Crippen LogP contribution is -2.26. The molecule has 1 N–H and O–H groups in total. The molecule has 0 fully saturated rings. The molecule has 102 valence electrons. The number of halogens is 2. The fraction of sp³-hybridized carbons (Fsp3) is 0.333. The van der Waals surface area contributed by atoms with Crippen LogP contribution in [0.25, 0.3) is 10.6 Å². The van der Waals surface area contributed by atoms with Crippen molar-refractivity contribution >= 4 is 32.4 Å². The van der Waals surface area contributed by atoms with Crippen molar-refractivity contribution in [2.24, 2.45) is 0 Å². The quantitative estimate of drug-likeness (QED) is 0.925. The average molecular weight is 346 g/mol. The molecule has 7 heteroatoms. The average Bonchev–Trinajstić information content (AvgIpc) is 2.80. The van der Waals surface area contributed by atoms with E-state index in [9.17, 15) is 9.50 Å². The summed E-state index contributed by atoms with van der Waals surface area (Å²) in [6, 6.07) is 4.70. The largest absolute Gasteiger partial charge is 0.392 e. The van der Waals surface area contributed by atoms with Gasteiger partial charge in [-0.2, -0.15) is 0 Å². The molecule has 1 aromatic heterocycles. The summed E-state index contributed by atoms with van der Waals surface area (Å²) in [5.41, 5.74) is 0.420. The molecule has 0 bridgehead atoms. The summed E-state index contributed by atoms with van der Waals surface area (Å²) in [7, 11) is 1.81. The van der Waals surface area contributed by atoms with Crippen LogP contribution in [0.1, 0.15) is 6.92 Å². The zero-order valence-corrected chi connectivity index (χ0v) is 12.9. The highest BCUT2D eigenvalue weighted by atomic mass is 79.9. The number of anilines is 1. The molecular weight excluding hydrogens is 333 g/mol. The number of rotatable bonds is 4. The molecule has 1 heterocycles. The van der Waals surface area contributed by atoms with Gasteiger partial charge >= 0.3 is 0 Å². The Morgan fingerprint density at radius 3 is 2.89 bits per heavy atom. The fourth-order valence-corrected chi connectivity index (χ4v) is 2.81. The van der Waals surface area contributed by atoms with Gasteiger partial charge in [-0.1, -0.05) is 27.3 Å². The zero-order valence-electron chi connectivity index (χ0n) is 10.5. The van der Waals surface area contributed by atoms with E-state index in [2.05, 4.69) is 26.1 Å². The van der Waals surface area contributed by atoms with E-state index in [1.807, 2.05) is 7.05 Å². The predicted octanol–water partition coefficient (Wildman–Crippen LogP) is 2.92. The lowest BCUT2D eigenvalue weighted by atomic mass is 10.2. The van der Waals surface area contributed by atoms with E-state index in [0.29, 0.717) is 22.2 Å². The van der Waals surface area contributed by atoms with Gasteiger partial charge in [-0.05, 0) is 25.1 Å². The maximum Gasteiger partial charge on any atom is 0.208 e. The van der Waals surface area contributed by atoms with Gasteiger partial charge in [0, 0.05) is 23.6 Å². The fourth-order valence-electron chi connectivity index (χ4n) is 1.61. The van der Waals surface area contributed by atoms with E-state index in [1.165, 1.54) is 17.4 Å². The van der Waals surface area contributed by atoms with E-state index in [0.717, 1.165) is 4.47 Å². The third-order valence-corrected chi connectivity index (χ3v) is 4.00. The number of nitrogens with zero attached hydrogens (tertiary/aromatic N) is 3. The Balaban J connectivity index is 2.28. The Hall–Kier alpha value is -1.05. The van der Waals surface area contributed by atoms with Crippen LogP contribution in [0, 0.1) is 5.82 Å². The van der Waals surface area contributed by atoms with Crippen molar-refractivity contribution in [3.8, 4) is 10.6 Å². The number of aliphatic hydroxyl groups excluding tert-OH is 1. The highest BCUT2D eigenvalue weighted by molar-refractivity contribution is 9.10. The summed E-state index contributed by atoms with van der Waals surface area (Å²) in [6.45, 7) is 2.15. The maximum atomic E-state index is 13.7. The molecule has 0 saturated carbocycles. The highest BCUT2D eigenvalue weighted by Gasteiger charge is 2.14. The summed E-state index contributed by atoms with van der Waals surface area (Å²) in [6.07, 6.45) is -0.458. The highest BCUT2D eigenvalue weighted by Crippen LogP contribution is 2.31. The molecule has 0 aliphatic heterocycles. The van der Waals surface area contributed by atoms with Crippen LogP contribution in [0.15, 0.2) is 22.7 Å². The molecule has 0 radical (unpaired) electrons. The Bertz CT molecular complexity index is 576. The van der Waals surface area contributed by atoms with E-state index >= 15 is 0 Å². The Morgan fingerprint density at radius 1 is 1.47 bits per heavy atom. The molecule has 0 spiro atoms. The Morgan fingerprint density at radius 2 is 2.21 bits per heavy atom. The minimum Gasteiger partial charge on any atom is -0.392 e. The molecule has 0 amide bonds. The van der Waals surface area contributed by atoms with Crippen molar-refractivity contribution in [1.82, 2.24) is 10.2 Å². The molecule has 0 aliphatic carbocycles. The molecular formula is C12H13BrFN3OS. The van der Waals surface area contributed by atoms with E-state index in [1.54, 1.807) is 24.0 Å². The topological polar surface area (TPSA) is 49.2 Å². The van der Waals surface area contributed by atoms with Crippen LogP contribution in [-0.4, -0.2) is 35.0 Å². The third kappa shape index (κ3) is 3.49. The van der Waals surface area contributed by atoms with Crippen molar-refractivity contribution < 1.29 is 9.50 Å². The predicted molar refractivity (Wildman–Crippen MR) is 78.0 cm³/mol. The van der Waals surface area contributed by atoms with E-state index < -0.39 is 6.10 Å². The SMILES string of the molecule is CC(O)CN(C)c1nnc(-c2cc(Br)ccc2F)s1. The van der Waals surface area contributed by atoms with Crippen LogP contribution in [0.5, 0.6) is 0 Å². The molecule has 1 atom stereocenters. The van der Waals surface area contributed by atoms with Gasteiger partial charge in [0.15, 0.2) is 5.01 Å². The summed E-state index contributed by atoms with van der Waals surface area (Å²) in [5, 5.41) is 18.5. The van der Waals surface area contributed by atoms with Gasteiger partial charge in [0.2, 0.25) is 5.13 Å². The van der Waals surface area contributed by atoms with Crippen LogP contribution >= 0.6 is 27.3 Å². The third-order valence-electron chi connectivity index (χ3n) is 2.44. The number of likely N-dealkylation sites (N-methyl/N-ethyl adjacent to an activating group) is 1. The van der Waals surface area contributed by atoms with Crippen molar-refractivity contribution in [1.29, 1.82) is 0 Å². The van der Waals surface area contributed by atoms with Gasteiger partial charge in [0.25, 0.3) is 0 Å². The van der Waals surface area contributed by atoms with Gasteiger partial charge in [-0.3, -0.25) is 0 Å². The Kier molecular flexibility index (Phi) is 4.49. The van der Waals surface area contributed by atoms with Crippen molar-refractivity contribution in [2.45, 2.75) is 13.0 Å². The first-order chi connectivity index (χ1) is 8.97. The van der Waals surface area contributed by atoms with Gasteiger partial charge in [-0.25, -0.2) is 4.39 Å². The lowest BCUT2D eigenvalue weighted by Gasteiger charge is -2.16. The van der Waals surface area contributed by atoms with Crippen LogP contribution in [0.2, 0.25) is 0 Å². The maximum absolute atomic E-state index is 13.7. The molecule has 19 heavy (non-hydrogen) atoms. The molecule has 1 unspecified atom stereocenters. The lowest BCUT2D eigenvalue weighted by molar-refractivity contribution is 0.201. The van der Waals surface area contributed by atoms with Crippen molar-refractivity contribution in [3.63, 3.8) is 0 Å². The van der Waals surface area contributed by atoms with Gasteiger partial charge in [-0.15, -0.1) is 10.2 Å². The number of hydrogen-bond acceptors (Lipinski definition) is 5. The number of hydrogen-bond donors (Lipinski definition) is 1. The van der Waals surface area contributed by atoms with Gasteiger partial charge < -0.3 is 10.0 Å². The second-order valence-electron chi connectivity index (χ2n) is 4.24. The molecule has 2 rings (SSSR count). The summed E-state index contributed by atoms with van der Waals surface area (Å²) >= 11 is 4.60. The van der Waals surface area contributed by atoms with Gasteiger partial charge in [0.1, 0.15) is 5.82 Å². The number of benzene rings is 1. The van der Waals surface area contributed by atoms with E-state index in [-0.39, 0.29) is 5.82 Å². The zero-order chi connectivity index (χ0) is 14.0. The molecule has 4 nitrogen and oxygen atoms in total. The normalized spacial score (nSPS) is 12.5. The second kappa shape index (κ2) is 5.94. The number of aliphatic hydroxyl groups is 1. The minimum absolute atomic E-state index is 0.330. The molecule has 1 aromatic carbocycles. The van der Waals surface area contributed by atoms with E-state index in [4.69, 9.17) is 0 Å². The minimum atomic E-state index is -0.458. The first kappa shape index (κ1) is 14.4. The first-order valence-electron chi connectivity index (χ1n) is 5.65. The molecule has 2 aromatic rings. The monoisotopic (exact) mass is 345 g/mol. The molecule has 0 saturated heterocycles.